The molecular weight excluding hydrogens is 368 g/mol. The van der Waals surface area contributed by atoms with Gasteiger partial charge in [0.25, 0.3) is 0 Å². The highest BCUT2D eigenvalue weighted by molar-refractivity contribution is 5.90. The summed E-state index contributed by atoms with van der Waals surface area (Å²) in [5.74, 6) is 1.52. The third-order valence-corrected chi connectivity index (χ3v) is 5.90. The first-order chi connectivity index (χ1) is 14.1. The maximum absolute atomic E-state index is 11.9. The molecular formula is C21H32N6O2. The van der Waals surface area contributed by atoms with Gasteiger partial charge in [0, 0.05) is 25.7 Å². The zero-order valence-electron chi connectivity index (χ0n) is 17.8. The van der Waals surface area contributed by atoms with Crippen LogP contribution in [0.1, 0.15) is 52.1 Å². The number of amides is 1. The largest absolute Gasteiger partial charge is 0.448 e. The van der Waals surface area contributed by atoms with Gasteiger partial charge < -0.3 is 14.5 Å². The minimum atomic E-state index is -0.163. The van der Waals surface area contributed by atoms with Gasteiger partial charge in [-0.05, 0) is 31.6 Å². The molecule has 1 amide bonds. The Bertz CT molecular complexity index is 856. The number of aryl methyl sites for hydroxylation is 1. The number of hydrogen-bond acceptors (Lipinski definition) is 6. The Morgan fingerprint density at radius 3 is 2.66 bits per heavy atom. The van der Waals surface area contributed by atoms with Gasteiger partial charge in [-0.1, -0.05) is 27.2 Å². The summed E-state index contributed by atoms with van der Waals surface area (Å²) in [6.45, 7) is 10.5. The van der Waals surface area contributed by atoms with E-state index >= 15 is 0 Å². The molecule has 0 aliphatic carbocycles. The number of anilines is 1. The van der Waals surface area contributed by atoms with Gasteiger partial charge in [-0.3, -0.25) is 0 Å². The Morgan fingerprint density at radius 2 is 2.00 bits per heavy atom. The number of piperidine rings is 1. The monoisotopic (exact) mass is 400 g/mol. The van der Waals surface area contributed by atoms with Crippen molar-refractivity contribution < 1.29 is 9.53 Å². The van der Waals surface area contributed by atoms with E-state index in [1.807, 2.05) is 4.90 Å². The van der Waals surface area contributed by atoms with Crippen LogP contribution < -0.4 is 4.90 Å². The Balaban J connectivity index is 1.60. The molecule has 0 saturated carbocycles. The summed E-state index contributed by atoms with van der Waals surface area (Å²) in [7, 11) is 0. The number of ether oxygens (including phenoxy) is 1. The predicted molar refractivity (Wildman–Crippen MR) is 112 cm³/mol. The van der Waals surface area contributed by atoms with Crippen LogP contribution in [0.3, 0.4) is 0 Å². The molecule has 2 aromatic heterocycles. The maximum Gasteiger partial charge on any atom is 0.410 e. The molecule has 2 saturated heterocycles. The number of hydrogen-bond donors (Lipinski definition) is 0. The summed E-state index contributed by atoms with van der Waals surface area (Å²) in [5, 5.41) is 6.04. The maximum atomic E-state index is 11.9. The molecule has 2 aliphatic heterocycles. The SMILES string of the molecule is CCCCn1nc(CC(C)C)c2c(N3CCC(N4CCOC4=O)CC3)ncnc21. The van der Waals surface area contributed by atoms with Gasteiger partial charge in [-0.2, -0.15) is 5.10 Å². The van der Waals surface area contributed by atoms with Crippen molar-refractivity contribution in [1.82, 2.24) is 24.6 Å². The highest BCUT2D eigenvalue weighted by Gasteiger charge is 2.33. The molecule has 0 unspecified atom stereocenters. The van der Waals surface area contributed by atoms with Crippen molar-refractivity contribution in [3.8, 4) is 0 Å². The molecule has 0 N–H and O–H groups in total. The molecule has 2 fully saturated rings. The molecule has 0 atom stereocenters. The number of carbonyl (C=O) groups excluding carboxylic acids is 1. The lowest BCUT2D eigenvalue weighted by Gasteiger charge is -2.36. The zero-order valence-corrected chi connectivity index (χ0v) is 17.8. The molecule has 4 rings (SSSR count). The first-order valence-corrected chi connectivity index (χ1v) is 11.0. The minimum absolute atomic E-state index is 0.163. The van der Waals surface area contributed by atoms with Crippen molar-refractivity contribution in [2.75, 3.05) is 31.1 Å². The molecule has 2 aromatic rings. The standard InChI is InChI=1S/C21H32N6O2/c1-4-5-8-27-20-18(17(24-27)13-15(2)3)19(22-14-23-20)25-9-6-16(7-10-25)26-11-12-29-21(26)28/h14-16H,4-13H2,1-3H3. The summed E-state index contributed by atoms with van der Waals surface area (Å²) in [5.41, 5.74) is 2.05. The van der Waals surface area contributed by atoms with E-state index in [4.69, 9.17) is 9.84 Å². The van der Waals surface area contributed by atoms with E-state index in [0.717, 1.165) is 74.3 Å². The second-order valence-electron chi connectivity index (χ2n) is 8.54. The zero-order chi connectivity index (χ0) is 20.4. The first-order valence-electron chi connectivity index (χ1n) is 11.0. The van der Waals surface area contributed by atoms with Gasteiger partial charge in [-0.15, -0.1) is 0 Å². The summed E-state index contributed by atoms with van der Waals surface area (Å²) in [6.07, 6.45) is 6.52. The molecule has 8 heteroatoms. The fraction of sp³-hybridized carbons (Fsp3) is 0.714. The average Bonchev–Trinajstić information content (AvgIpc) is 3.30. The molecule has 0 bridgehead atoms. The van der Waals surface area contributed by atoms with Crippen molar-refractivity contribution in [3.05, 3.63) is 12.0 Å². The van der Waals surface area contributed by atoms with Crippen molar-refractivity contribution in [2.24, 2.45) is 5.92 Å². The number of fused-ring (bicyclic) bond motifs is 1. The van der Waals surface area contributed by atoms with Crippen LogP contribution >= 0.6 is 0 Å². The minimum Gasteiger partial charge on any atom is -0.448 e. The van der Waals surface area contributed by atoms with Crippen LogP contribution in [0, 0.1) is 5.92 Å². The Morgan fingerprint density at radius 1 is 1.21 bits per heavy atom. The topological polar surface area (TPSA) is 76.4 Å². The van der Waals surface area contributed by atoms with Crippen molar-refractivity contribution in [3.63, 3.8) is 0 Å². The second-order valence-corrected chi connectivity index (χ2v) is 8.54. The summed E-state index contributed by atoms with van der Waals surface area (Å²) in [6, 6.07) is 0.265. The van der Waals surface area contributed by atoms with Gasteiger partial charge >= 0.3 is 6.09 Å². The van der Waals surface area contributed by atoms with E-state index < -0.39 is 0 Å². The smallest absolute Gasteiger partial charge is 0.410 e. The molecule has 2 aliphatic rings. The van der Waals surface area contributed by atoms with E-state index in [1.165, 1.54) is 0 Å². The summed E-state index contributed by atoms with van der Waals surface area (Å²) >= 11 is 0. The summed E-state index contributed by atoms with van der Waals surface area (Å²) < 4.78 is 7.18. The lowest BCUT2D eigenvalue weighted by atomic mass is 10.0. The number of aromatic nitrogens is 4. The lowest BCUT2D eigenvalue weighted by Crippen LogP contribution is -2.45. The normalized spacial score (nSPS) is 18.3. The van der Waals surface area contributed by atoms with Crippen molar-refractivity contribution >= 4 is 22.9 Å². The molecule has 158 valence electrons. The lowest BCUT2D eigenvalue weighted by molar-refractivity contribution is 0.142. The Kier molecular flexibility index (Phi) is 5.87. The molecule has 8 nitrogen and oxygen atoms in total. The van der Waals surface area contributed by atoms with Gasteiger partial charge in [-0.25, -0.2) is 19.4 Å². The van der Waals surface area contributed by atoms with Crippen LogP contribution in [-0.2, 0) is 17.7 Å². The van der Waals surface area contributed by atoms with E-state index in [-0.39, 0.29) is 12.1 Å². The molecule has 29 heavy (non-hydrogen) atoms. The van der Waals surface area contributed by atoms with Gasteiger partial charge in [0.2, 0.25) is 0 Å². The van der Waals surface area contributed by atoms with Crippen LogP contribution in [0.5, 0.6) is 0 Å². The van der Waals surface area contributed by atoms with E-state index in [1.54, 1.807) is 6.33 Å². The Hall–Kier alpha value is -2.38. The van der Waals surface area contributed by atoms with Crippen molar-refractivity contribution in [1.29, 1.82) is 0 Å². The summed E-state index contributed by atoms with van der Waals surface area (Å²) in [4.78, 5) is 25.4. The van der Waals surface area contributed by atoms with Gasteiger partial charge in [0.05, 0.1) is 17.6 Å². The molecule has 0 spiro atoms. The highest BCUT2D eigenvalue weighted by Crippen LogP contribution is 2.31. The Labute approximate surface area is 172 Å². The van der Waals surface area contributed by atoms with Gasteiger partial charge in [0.1, 0.15) is 18.8 Å². The molecule has 0 aromatic carbocycles. The second kappa shape index (κ2) is 8.55. The fourth-order valence-electron chi connectivity index (χ4n) is 4.42. The van der Waals surface area contributed by atoms with Gasteiger partial charge in [0.15, 0.2) is 5.65 Å². The fourth-order valence-corrected chi connectivity index (χ4v) is 4.42. The number of unbranched alkanes of at least 4 members (excludes halogenated alkanes) is 1. The molecule has 0 radical (unpaired) electrons. The third-order valence-electron chi connectivity index (χ3n) is 5.90. The van der Waals surface area contributed by atoms with Crippen LogP contribution in [0.25, 0.3) is 11.0 Å². The average molecular weight is 401 g/mol. The predicted octanol–water partition coefficient (Wildman–Crippen LogP) is 3.25. The highest BCUT2D eigenvalue weighted by atomic mass is 16.6. The van der Waals surface area contributed by atoms with Crippen LogP contribution in [0.15, 0.2) is 6.33 Å². The van der Waals surface area contributed by atoms with E-state index in [0.29, 0.717) is 19.1 Å². The first kappa shape index (κ1) is 19.9. The number of rotatable bonds is 7. The van der Waals surface area contributed by atoms with Crippen LogP contribution in [0.2, 0.25) is 0 Å². The number of nitrogens with zero attached hydrogens (tertiary/aromatic N) is 6. The number of cyclic esters (lactones) is 1. The van der Waals surface area contributed by atoms with E-state index in [2.05, 4.69) is 40.3 Å². The van der Waals surface area contributed by atoms with E-state index in [9.17, 15) is 4.79 Å². The van der Waals surface area contributed by atoms with Crippen LogP contribution in [0.4, 0.5) is 10.6 Å². The number of carbonyl (C=O) groups is 1. The van der Waals surface area contributed by atoms with Crippen molar-refractivity contribution in [2.45, 2.75) is 65.5 Å². The molecule has 4 heterocycles. The third kappa shape index (κ3) is 4.02. The quantitative estimate of drug-likeness (QED) is 0.710. The van der Waals surface area contributed by atoms with Crippen LogP contribution in [-0.4, -0.2) is 63.0 Å².